The highest BCUT2D eigenvalue weighted by molar-refractivity contribution is 5.91. The van der Waals surface area contributed by atoms with Crippen LogP contribution >= 0.6 is 0 Å². The fourth-order valence-corrected chi connectivity index (χ4v) is 2.15. The molecular formula is C14H21N5O2. The predicted octanol–water partition coefficient (Wildman–Crippen LogP) is 0.960. The maximum absolute atomic E-state index is 12.2. The third-order valence-corrected chi connectivity index (χ3v) is 3.05. The van der Waals surface area contributed by atoms with Gasteiger partial charge in [-0.3, -0.25) is 4.79 Å². The van der Waals surface area contributed by atoms with Gasteiger partial charge in [0, 0.05) is 11.9 Å². The number of nitrogens with zero attached hydrogens (tertiary/aromatic N) is 4. The number of aliphatic hydroxyl groups is 1. The Kier molecular flexibility index (Phi) is 4.22. The number of hydrogen-bond acceptors (Lipinski definition) is 5. The predicted molar refractivity (Wildman–Crippen MR) is 77.9 cm³/mol. The topological polar surface area (TPSA) is 92.4 Å². The molecule has 7 heteroatoms. The molecule has 0 aliphatic heterocycles. The van der Waals surface area contributed by atoms with Crippen molar-refractivity contribution >= 4 is 11.7 Å². The van der Waals surface area contributed by atoms with Gasteiger partial charge in [-0.25, -0.2) is 9.50 Å². The van der Waals surface area contributed by atoms with Gasteiger partial charge in [-0.2, -0.15) is 4.98 Å². The van der Waals surface area contributed by atoms with Crippen LogP contribution in [0.5, 0.6) is 0 Å². The van der Waals surface area contributed by atoms with E-state index in [1.807, 2.05) is 6.92 Å². The summed E-state index contributed by atoms with van der Waals surface area (Å²) in [5, 5.41) is 16.3. The quantitative estimate of drug-likeness (QED) is 0.875. The first-order valence-electron chi connectivity index (χ1n) is 6.90. The van der Waals surface area contributed by atoms with E-state index in [-0.39, 0.29) is 23.9 Å². The normalized spacial score (nSPS) is 13.4. The second-order valence-electron chi connectivity index (χ2n) is 6.35. The molecule has 0 spiro atoms. The van der Waals surface area contributed by atoms with Crippen molar-refractivity contribution in [2.45, 2.75) is 40.2 Å². The van der Waals surface area contributed by atoms with Gasteiger partial charge in [-0.15, -0.1) is 5.10 Å². The number of hydrogen-bond donors (Lipinski definition) is 2. The van der Waals surface area contributed by atoms with Crippen molar-refractivity contribution in [3.8, 4) is 0 Å². The lowest BCUT2D eigenvalue weighted by molar-refractivity contribution is 0.0887. The van der Waals surface area contributed by atoms with Gasteiger partial charge in [-0.1, -0.05) is 20.8 Å². The van der Waals surface area contributed by atoms with E-state index >= 15 is 0 Å². The number of amides is 1. The third kappa shape index (κ3) is 3.75. The first-order chi connectivity index (χ1) is 9.80. The summed E-state index contributed by atoms with van der Waals surface area (Å²) in [4.78, 5) is 20.4. The SMILES string of the molecule is Cc1ccnc2nc(C(=O)NC(CO)CC(C)(C)C)nn12. The average molecular weight is 291 g/mol. The molecule has 0 aliphatic rings. The number of carbonyl (C=O) groups is 1. The molecule has 0 aromatic carbocycles. The Labute approximate surface area is 123 Å². The van der Waals surface area contributed by atoms with Crippen LogP contribution in [0.3, 0.4) is 0 Å². The molecular weight excluding hydrogens is 270 g/mol. The molecule has 2 heterocycles. The summed E-state index contributed by atoms with van der Waals surface area (Å²) in [6.07, 6.45) is 2.29. The molecule has 21 heavy (non-hydrogen) atoms. The van der Waals surface area contributed by atoms with Crippen molar-refractivity contribution in [1.82, 2.24) is 24.9 Å². The molecule has 0 bridgehead atoms. The zero-order valence-electron chi connectivity index (χ0n) is 12.8. The summed E-state index contributed by atoms with van der Waals surface area (Å²) in [5.41, 5.74) is 0.852. The Morgan fingerprint density at radius 1 is 1.48 bits per heavy atom. The van der Waals surface area contributed by atoms with Gasteiger partial charge in [0.1, 0.15) is 0 Å². The maximum atomic E-state index is 12.2. The van der Waals surface area contributed by atoms with Crippen LogP contribution in [-0.4, -0.2) is 43.2 Å². The fourth-order valence-electron chi connectivity index (χ4n) is 2.15. The Morgan fingerprint density at radius 2 is 2.19 bits per heavy atom. The van der Waals surface area contributed by atoms with Crippen LogP contribution in [0.2, 0.25) is 0 Å². The Balaban J connectivity index is 2.16. The number of aromatic nitrogens is 4. The minimum Gasteiger partial charge on any atom is -0.394 e. The Morgan fingerprint density at radius 3 is 2.76 bits per heavy atom. The minimum absolute atomic E-state index is 0.00512. The summed E-state index contributed by atoms with van der Waals surface area (Å²) in [6, 6.07) is 1.47. The van der Waals surface area contributed by atoms with Gasteiger partial charge in [-0.05, 0) is 24.8 Å². The van der Waals surface area contributed by atoms with E-state index in [9.17, 15) is 9.90 Å². The largest absolute Gasteiger partial charge is 0.394 e. The van der Waals surface area contributed by atoms with Gasteiger partial charge < -0.3 is 10.4 Å². The Bertz CT molecular complexity index is 644. The van der Waals surface area contributed by atoms with Crippen LogP contribution in [0.4, 0.5) is 0 Å². The molecule has 114 valence electrons. The van der Waals surface area contributed by atoms with Gasteiger partial charge in [0.15, 0.2) is 0 Å². The van der Waals surface area contributed by atoms with E-state index in [0.717, 1.165) is 5.69 Å². The Hall–Kier alpha value is -2.02. The molecule has 2 rings (SSSR count). The maximum Gasteiger partial charge on any atom is 0.291 e. The summed E-state index contributed by atoms with van der Waals surface area (Å²) in [5.74, 6) is 0.0453. The monoisotopic (exact) mass is 291 g/mol. The average Bonchev–Trinajstić information content (AvgIpc) is 2.82. The van der Waals surface area contributed by atoms with Crippen molar-refractivity contribution in [2.24, 2.45) is 5.41 Å². The van der Waals surface area contributed by atoms with Crippen molar-refractivity contribution in [3.05, 3.63) is 23.8 Å². The summed E-state index contributed by atoms with van der Waals surface area (Å²) >= 11 is 0. The van der Waals surface area contributed by atoms with Gasteiger partial charge in [0.2, 0.25) is 5.82 Å². The second kappa shape index (κ2) is 5.77. The van der Waals surface area contributed by atoms with Crippen LogP contribution < -0.4 is 5.32 Å². The van der Waals surface area contributed by atoms with Crippen molar-refractivity contribution in [1.29, 1.82) is 0 Å². The molecule has 2 N–H and O–H groups in total. The van der Waals surface area contributed by atoms with Crippen LogP contribution in [0.1, 0.15) is 43.5 Å². The molecule has 0 aliphatic carbocycles. The lowest BCUT2D eigenvalue weighted by Gasteiger charge is -2.24. The summed E-state index contributed by atoms with van der Waals surface area (Å²) in [7, 11) is 0. The summed E-state index contributed by atoms with van der Waals surface area (Å²) < 4.78 is 1.52. The number of aryl methyl sites for hydroxylation is 1. The van der Waals surface area contributed by atoms with Crippen LogP contribution in [0.15, 0.2) is 12.3 Å². The molecule has 0 saturated heterocycles. The molecule has 7 nitrogen and oxygen atoms in total. The molecule has 1 amide bonds. The first kappa shape index (κ1) is 15.4. The molecule has 2 aromatic rings. The van der Waals surface area contributed by atoms with Crippen LogP contribution in [-0.2, 0) is 0 Å². The van der Waals surface area contributed by atoms with Crippen LogP contribution in [0.25, 0.3) is 5.78 Å². The number of fused-ring (bicyclic) bond motifs is 1. The highest BCUT2D eigenvalue weighted by atomic mass is 16.3. The standard InChI is InChI=1S/C14H21N5O2/c1-9-5-6-15-13-17-11(18-19(9)13)12(21)16-10(8-20)7-14(2,3)4/h5-6,10,20H,7-8H2,1-4H3,(H,16,21). The van der Waals surface area contributed by atoms with E-state index in [2.05, 4.69) is 41.2 Å². The van der Waals surface area contributed by atoms with Gasteiger partial charge >= 0.3 is 0 Å². The molecule has 0 saturated carbocycles. The van der Waals surface area contributed by atoms with Crippen molar-refractivity contribution in [3.63, 3.8) is 0 Å². The summed E-state index contributed by atoms with van der Waals surface area (Å²) in [6.45, 7) is 7.91. The molecule has 0 fully saturated rings. The highest BCUT2D eigenvalue weighted by Crippen LogP contribution is 2.20. The van der Waals surface area contributed by atoms with E-state index in [4.69, 9.17) is 0 Å². The van der Waals surface area contributed by atoms with E-state index in [0.29, 0.717) is 12.2 Å². The number of nitrogens with one attached hydrogen (secondary N) is 1. The smallest absolute Gasteiger partial charge is 0.291 e. The molecule has 0 radical (unpaired) electrons. The van der Waals surface area contributed by atoms with Gasteiger partial charge in [0.05, 0.1) is 12.6 Å². The fraction of sp³-hybridized carbons (Fsp3) is 0.571. The number of rotatable bonds is 4. The lowest BCUT2D eigenvalue weighted by atomic mass is 9.88. The number of carbonyl (C=O) groups excluding carboxylic acids is 1. The van der Waals surface area contributed by atoms with E-state index in [1.165, 1.54) is 4.52 Å². The third-order valence-electron chi connectivity index (χ3n) is 3.05. The zero-order valence-corrected chi connectivity index (χ0v) is 12.8. The van der Waals surface area contributed by atoms with Crippen molar-refractivity contribution in [2.75, 3.05) is 6.61 Å². The molecule has 1 unspecified atom stereocenters. The van der Waals surface area contributed by atoms with E-state index < -0.39 is 5.91 Å². The van der Waals surface area contributed by atoms with Gasteiger partial charge in [0.25, 0.3) is 11.7 Å². The first-order valence-corrected chi connectivity index (χ1v) is 6.90. The molecule has 1 atom stereocenters. The second-order valence-corrected chi connectivity index (χ2v) is 6.35. The van der Waals surface area contributed by atoms with Crippen LogP contribution in [0, 0.1) is 12.3 Å². The lowest BCUT2D eigenvalue weighted by Crippen LogP contribution is -2.40. The molecule has 2 aromatic heterocycles. The van der Waals surface area contributed by atoms with Crippen molar-refractivity contribution < 1.29 is 9.90 Å². The van der Waals surface area contributed by atoms with E-state index in [1.54, 1.807) is 12.3 Å². The highest BCUT2D eigenvalue weighted by Gasteiger charge is 2.22. The zero-order chi connectivity index (χ0) is 15.6. The number of aliphatic hydroxyl groups excluding tert-OH is 1. The minimum atomic E-state index is -0.400.